The molecule has 98 valence electrons. The van der Waals surface area contributed by atoms with E-state index in [9.17, 15) is 0 Å². The van der Waals surface area contributed by atoms with E-state index in [1.807, 2.05) is 0 Å². The number of likely N-dealkylation sites (tertiary alicyclic amines) is 1. The van der Waals surface area contributed by atoms with Crippen LogP contribution >= 0.6 is 0 Å². The quantitative estimate of drug-likeness (QED) is 0.808. The third kappa shape index (κ3) is 2.83. The summed E-state index contributed by atoms with van der Waals surface area (Å²) >= 11 is 0. The van der Waals surface area contributed by atoms with Gasteiger partial charge in [0.15, 0.2) is 0 Å². The number of aryl methyl sites for hydroxylation is 2. The van der Waals surface area contributed by atoms with Gasteiger partial charge in [-0.2, -0.15) is 0 Å². The predicted octanol–water partition coefficient (Wildman–Crippen LogP) is 2.47. The molecule has 1 aliphatic carbocycles. The van der Waals surface area contributed by atoms with Gasteiger partial charge in [-0.05, 0) is 69.8 Å². The average molecular weight is 245 g/mol. The molecule has 1 N–H and O–H groups in total. The highest BCUT2D eigenvalue weighted by Crippen LogP contribution is 2.21. The molecule has 18 heavy (non-hydrogen) atoms. The normalized spacial score (nSPS) is 19.1. The number of hydrogen-bond acceptors (Lipinski definition) is 3. The molecule has 2 aliphatic rings. The third-order valence-electron chi connectivity index (χ3n) is 4.08. The first-order chi connectivity index (χ1) is 8.92. The minimum atomic E-state index is 1.04. The lowest BCUT2D eigenvalue weighted by Gasteiger charge is -2.14. The first-order valence-electron chi connectivity index (χ1n) is 7.37. The summed E-state index contributed by atoms with van der Waals surface area (Å²) in [5.41, 5.74) is 2.78. The van der Waals surface area contributed by atoms with Gasteiger partial charge >= 0.3 is 0 Å². The van der Waals surface area contributed by atoms with Crippen LogP contribution in [0.4, 0.5) is 5.82 Å². The van der Waals surface area contributed by atoms with Crippen LogP contribution < -0.4 is 5.32 Å². The van der Waals surface area contributed by atoms with Crippen LogP contribution in [0.25, 0.3) is 0 Å². The van der Waals surface area contributed by atoms with Crippen LogP contribution in [-0.4, -0.2) is 36.1 Å². The second-order valence-electron chi connectivity index (χ2n) is 5.48. The summed E-state index contributed by atoms with van der Waals surface area (Å²) in [6, 6.07) is 4.39. The van der Waals surface area contributed by atoms with Crippen molar-refractivity contribution in [2.45, 2.75) is 38.5 Å². The molecule has 1 aromatic heterocycles. The Balaban J connectivity index is 1.42. The van der Waals surface area contributed by atoms with Gasteiger partial charge in [0.2, 0.25) is 0 Å². The Labute approximate surface area is 110 Å². The number of hydrogen-bond donors (Lipinski definition) is 1. The summed E-state index contributed by atoms with van der Waals surface area (Å²) < 4.78 is 0. The second kappa shape index (κ2) is 5.70. The van der Waals surface area contributed by atoms with Crippen molar-refractivity contribution in [1.29, 1.82) is 0 Å². The molecule has 1 aromatic rings. The van der Waals surface area contributed by atoms with Gasteiger partial charge in [-0.1, -0.05) is 6.07 Å². The fourth-order valence-electron chi connectivity index (χ4n) is 3.04. The fraction of sp³-hybridized carbons (Fsp3) is 0.667. The van der Waals surface area contributed by atoms with Crippen LogP contribution in [0.5, 0.6) is 0 Å². The van der Waals surface area contributed by atoms with E-state index in [2.05, 4.69) is 22.3 Å². The van der Waals surface area contributed by atoms with Crippen molar-refractivity contribution in [1.82, 2.24) is 9.88 Å². The number of anilines is 1. The van der Waals surface area contributed by atoms with E-state index in [0.29, 0.717) is 0 Å². The molecule has 1 aliphatic heterocycles. The number of aromatic nitrogens is 1. The van der Waals surface area contributed by atoms with Crippen molar-refractivity contribution >= 4 is 5.82 Å². The standard InChI is InChI=1S/C15H23N3/c1-2-11-18(10-1)12-4-9-16-15-8-7-13-5-3-6-14(13)17-15/h7-8H,1-6,9-12H2,(H,16,17). The van der Waals surface area contributed by atoms with Gasteiger partial charge in [0.05, 0.1) is 0 Å². The lowest BCUT2D eigenvalue weighted by atomic mass is 10.2. The molecule has 0 radical (unpaired) electrons. The highest BCUT2D eigenvalue weighted by atomic mass is 15.1. The number of pyridine rings is 1. The van der Waals surface area contributed by atoms with Crippen molar-refractivity contribution in [2.75, 3.05) is 31.5 Å². The fourth-order valence-corrected chi connectivity index (χ4v) is 3.04. The Bertz CT molecular complexity index is 397. The van der Waals surface area contributed by atoms with Crippen LogP contribution in [0, 0.1) is 0 Å². The average Bonchev–Trinajstić information content (AvgIpc) is 3.05. The van der Waals surface area contributed by atoms with E-state index in [1.54, 1.807) is 0 Å². The zero-order valence-corrected chi connectivity index (χ0v) is 11.1. The number of fused-ring (bicyclic) bond motifs is 1. The van der Waals surface area contributed by atoms with Crippen LogP contribution in [-0.2, 0) is 12.8 Å². The smallest absolute Gasteiger partial charge is 0.126 e. The van der Waals surface area contributed by atoms with E-state index in [1.165, 1.54) is 69.4 Å². The van der Waals surface area contributed by atoms with Crippen molar-refractivity contribution in [3.8, 4) is 0 Å². The van der Waals surface area contributed by atoms with E-state index in [0.717, 1.165) is 12.4 Å². The molecule has 1 fully saturated rings. The maximum absolute atomic E-state index is 4.70. The van der Waals surface area contributed by atoms with E-state index in [-0.39, 0.29) is 0 Å². The SMILES string of the molecule is c1cc2c(nc1NCCCN1CCCC1)CCC2. The van der Waals surface area contributed by atoms with Crippen LogP contribution in [0.15, 0.2) is 12.1 Å². The number of nitrogens with one attached hydrogen (secondary N) is 1. The van der Waals surface area contributed by atoms with Crippen LogP contribution in [0.1, 0.15) is 36.9 Å². The minimum Gasteiger partial charge on any atom is -0.370 e. The molecular formula is C15H23N3. The van der Waals surface area contributed by atoms with Gasteiger partial charge in [0, 0.05) is 12.2 Å². The van der Waals surface area contributed by atoms with Crippen LogP contribution in [0.2, 0.25) is 0 Å². The summed E-state index contributed by atoms with van der Waals surface area (Å²) in [6.45, 7) is 4.88. The molecule has 0 amide bonds. The molecule has 0 atom stereocenters. The highest BCUT2D eigenvalue weighted by molar-refractivity contribution is 5.40. The molecule has 0 bridgehead atoms. The molecule has 3 heteroatoms. The van der Waals surface area contributed by atoms with Gasteiger partial charge < -0.3 is 10.2 Å². The first-order valence-corrected chi connectivity index (χ1v) is 7.37. The molecule has 3 rings (SSSR count). The Morgan fingerprint density at radius 2 is 2.00 bits per heavy atom. The molecule has 1 saturated heterocycles. The summed E-state index contributed by atoms with van der Waals surface area (Å²) in [5, 5.41) is 3.46. The Kier molecular flexibility index (Phi) is 3.79. The summed E-state index contributed by atoms with van der Waals surface area (Å²) in [6.07, 6.45) is 7.66. The van der Waals surface area contributed by atoms with Gasteiger partial charge in [-0.25, -0.2) is 4.98 Å². The summed E-state index contributed by atoms with van der Waals surface area (Å²) in [7, 11) is 0. The summed E-state index contributed by atoms with van der Waals surface area (Å²) in [5.74, 6) is 1.07. The Morgan fingerprint density at radius 3 is 2.89 bits per heavy atom. The van der Waals surface area contributed by atoms with Gasteiger partial charge in [-0.15, -0.1) is 0 Å². The van der Waals surface area contributed by atoms with Crippen molar-refractivity contribution in [3.05, 3.63) is 23.4 Å². The lowest BCUT2D eigenvalue weighted by Crippen LogP contribution is -2.22. The Morgan fingerprint density at radius 1 is 1.11 bits per heavy atom. The molecular weight excluding hydrogens is 222 g/mol. The number of nitrogens with zero attached hydrogens (tertiary/aromatic N) is 2. The third-order valence-corrected chi connectivity index (χ3v) is 4.08. The van der Waals surface area contributed by atoms with E-state index in [4.69, 9.17) is 4.98 Å². The zero-order valence-electron chi connectivity index (χ0n) is 11.1. The Hall–Kier alpha value is -1.09. The maximum atomic E-state index is 4.70. The topological polar surface area (TPSA) is 28.2 Å². The molecule has 0 unspecified atom stereocenters. The highest BCUT2D eigenvalue weighted by Gasteiger charge is 2.12. The van der Waals surface area contributed by atoms with E-state index >= 15 is 0 Å². The van der Waals surface area contributed by atoms with Crippen molar-refractivity contribution < 1.29 is 0 Å². The monoisotopic (exact) mass is 245 g/mol. The van der Waals surface area contributed by atoms with Crippen molar-refractivity contribution in [3.63, 3.8) is 0 Å². The van der Waals surface area contributed by atoms with Gasteiger partial charge in [0.25, 0.3) is 0 Å². The number of rotatable bonds is 5. The molecule has 0 aromatic carbocycles. The van der Waals surface area contributed by atoms with E-state index < -0.39 is 0 Å². The summed E-state index contributed by atoms with van der Waals surface area (Å²) in [4.78, 5) is 7.27. The predicted molar refractivity (Wildman–Crippen MR) is 75.0 cm³/mol. The lowest BCUT2D eigenvalue weighted by molar-refractivity contribution is 0.337. The van der Waals surface area contributed by atoms with Gasteiger partial charge in [0.1, 0.15) is 5.82 Å². The zero-order chi connectivity index (χ0) is 12.2. The second-order valence-corrected chi connectivity index (χ2v) is 5.48. The maximum Gasteiger partial charge on any atom is 0.126 e. The minimum absolute atomic E-state index is 1.04. The van der Waals surface area contributed by atoms with Crippen molar-refractivity contribution in [2.24, 2.45) is 0 Å². The molecule has 0 saturated carbocycles. The van der Waals surface area contributed by atoms with Gasteiger partial charge in [-0.3, -0.25) is 0 Å². The molecule has 0 spiro atoms. The van der Waals surface area contributed by atoms with Crippen LogP contribution in [0.3, 0.4) is 0 Å². The molecule has 2 heterocycles. The largest absolute Gasteiger partial charge is 0.370 e. The first kappa shape index (κ1) is 12.0. The molecule has 3 nitrogen and oxygen atoms in total.